The molecule has 0 unspecified atom stereocenters. The summed E-state index contributed by atoms with van der Waals surface area (Å²) in [6.07, 6.45) is 5.90. The van der Waals surface area contributed by atoms with Crippen molar-refractivity contribution in [2.24, 2.45) is 0 Å². The molecule has 0 aliphatic heterocycles. The fourth-order valence-electron chi connectivity index (χ4n) is 0.320. The predicted octanol–water partition coefficient (Wildman–Crippen LogP) is 1.87. The minimum absolute atomic E-state index is 0.997. The second-order valence-corrected chi connectivity index (χ2v) is 4.86. The van der Waals surface area contributed by atoms with Gasteiger partial charge >= 0.3 is 67.2 Å². The number of hydrogen-bond acceptors (Lipinski definition) is 0. The second kappa shape index (κ2) is 6.20. The van der Waals surface area contributed by atoms with Crippen LogP contribution < -0.4 is 0 Å². The molecule has 0 aromatic heterocycles. The van der Waals surface area contributed by atoms with Crippen LogP contribution in [0, 0.1) is 0 Å². The van der Waals surface area contributed by atoms with E-state index >= 15 is 0 Å². The van der Waals surface area contributed by atoms with Gasteiger partial charge in [0.2, 0.25) is 0 Å². The first kappa shape index (κ1) is 9.07. The van der Waals surface area contributed by atoms with Crippen LogP contribution in [0.3, 0.4) is 0 Å². The van der Waals surface area contributed by atoms with Crippen LogP contribution in [0.5, 0.6) is 0 Å². The van der Waals surface area contributed by atoms with Gasteiger partial charge in [-0.2, -0.15) is 0 Å². The molecule has 9 heavy (non-hydrogen) atoms. The maximum atomic E-state index is 3.75. The summed E-state index contributed by atoms with van der Waals surface area (Å²) in [5.74, 6) is 0. The molecule has 0 bridgehead atoms. The van der Waals surface area contributed by atoms with Crippen LogP contribution in [0.4, 0.5) is 0 Å². The van der Waals surface area contributed by atoms with Crippen molar-refractivity contribution in [1.29, 1.82) is 0 Å². The maximum absolute atomic E-state index is 3.75. The van der Waals surface area contributed by atoms with E-state index in [0.717, 1.165) is 12.6 Å². The van der Waals surface area contributed by atoms with Gasteiger partial charge in [0.25, 0.3) is 0 Å². The summed E-state index contributed by atoms with van der Waals surface area (Å²) in [7, 11) is 0. The molecule has 49 valence electrons. The molecule has 0 aromatic carbocycles. The number of rotatable bonds is 3. The molecule has 0 aliphatic carbocycles. The zero-order chi connectivity index (χ0) is 7.11. The van der Waals surface area contributed by atoms with Gasteiger partial charge in [-0.05, 0) is 0 Å². The fraction of sp³-hybridized carbons (Fsp3) is 0.143. The van der Waals surface area contributed by atoms with E-state index in [9.17, 15) is 0 Å². The van der Waals surface area contributed by atoms with E-state index in [-0.39, 0.29) is 0 Å². The van der Waals surface area contributed by atoms with E-state index in [2.05, 4.69) is 19.2 Å². The van der Waals surface area contributed by atoms with Gasteiger partial charge in [-0.3, -0.25) is 0 Å². The van der Waals surface area contributed by atoms with Crippen LogP contribution in [-0.4, -0.2) is 7.00 Å². The average Bonchev–Trinajstić information content (AvgIpc) is 1.89. The van der Waals surface area contributed by atoms with Crippen LogP contribution in [0.15, 0.2) is 37.0 Å². The standard InChI is InChI=1S/C7H9Si.Os/c1-3-7(2)5-4-6-8;/h3-5H,1-2,6H2;. The average molecular weight is 311 g/mol. The molecule has 0 saturated heterocycles. The van der Waals surface area contributed by atoms with E-state index in [4.69, 9.17) is 0 Å². The Bertz CT molecular complexity index is 174. The SMILES string of the molecule is C=CC(=C)C=CC[Si]#[Os]. The third-order valence-electron chi connectivity index (χ3n) is 0.784. The molecular formula is C7H9OsSi. The Balaban J connectivity index is 3.60. The molecule has 0 heterocycles. The molecule has 0 amide bonds. The normalized spacial score (nSPS) is 8.89. The van der Waals surface area contributed by atoms with Crippen molar-refractivity contribution in [3.05, 3.63) is 37.0 Å². The number of hydrogen-bond donors (Lipinski definition) is 0. The zero-order valence-electron chi connectivity index (χ0n) is 5.21. The van der Waals surface area contributed by atoms with Crippen LogP contribution >= 0.6 is 0 Å². The molecule has 0 nitrogen and oxygen atoms in total. The molecule has 0 radical (unpaired) electrons. The van der Waals surface area contributed by atoms with Crippen molar-refractivity contribution in [3.8, 4) is 0 Å². The van der Waals surface area contributed by atoms with E-state index < -0.39 is 0 Å². The Kier molecular flexibility index (Phi) is 6.25. The van der Waals surface area contributed by atoms with E-state index in [1.54, 1.807) is 6.08 Å². The first-order valence-corrected chi connectivity index (χ1v) is 7.48. The molecule has 0 aliphatic rings. The molecule has 0 aromatic rings. The Morgan fingerprint density at radius 2 is 2.33 bits per heavy atom. The Morgan fingerprint density at radius 1 is 1.67 bits per heavy atom. The van der Waals surface area contributed by atoms with Crippen LogP contribution in [-0.2, 0) is 17.2 Å². The second-order valence-electron chi connectivity index (χ2n) is 1.51. The van der Waals surface area contributed by atoms with Gasteiger partial charge in [0.05, 0.1) is 0 Å². The monoisotopic (exact) mass is 313 g/mol. The Hall–Kier alpha value is 0.0732. The molecular weight excluding hydrogens is 302 g/mol. The molecule has 0 saturated carbocycles. The van der Waals surface area contributed by atoms with E-state index in [1.807, 2.05) is 23.2 Å². The first-order chi connectivity index (χ1) is 4.31. The molecule has 0 spiro atoms. The van der Waals surface area contributed by atoms with Crippen molar-refractivity contribution in [2.75, 3.05) is 0 Å². The van der Waals surface area contributed by atoms with Gasteiger partial charge < -0.3 is 0 Å². The molecule has 0 N–H and O–H groups in total. The topological polar surface area (TPSA) is 0 Å². The molecule has 0 atom stereocenters. The summed E-state index contributed by atoms with van der Waals surface area (Å²) in [6, 6.07) is 1.17. The van der Waals surface area contributed by atoms with Gasteiger partial charge in [0, 0.05) is 0 Å². The third-order valence-corrected chi connectivity index (χ3v) is 2.72. The quantitative estimate of drug-likeness (QED) is 0.551. The van der Waals surface area contributed by atoms with Crippen molar-refractivity contribution < 1.29 is 17.2 Å². The van der Waals surface area contributed by atoms with Gasteiger partial charge in [0.1, 0.15) is 0 Å². The Morgan fingerprint density at radius 3 is 2.78 bits per heavy atom. The number of allylic oxidation sites excluding steroid dienone is 4. The van der Waals surface area contributed by atoms with Crippen molar-refractivity contribution in [1.82, 2.24) is 0 Å². The van der Waals surface area contributed by atoms with Crippen LogP contribution in [0.25, 0.3) is 0 Å². The third kappa shape index (κ3) is 5.95. The van der Waals surface area contributed by atoms with Crippen molar-refractivity contribution in [2.45, 2.75) is 6.04 Å². The molecule has 0 fully saturated rings. The van der Waals surface area contributed by atoms with Crippen LogP contribution in [0.2, 0.25) is 6.04 Å². The van der Waals surface area contributed by atoms with E-state index in [1.165, 1.54) is 6.04 Å². The zero-order valence-corrected chi connectivity index (χ0v) is 8.75. The van der Waals surface area contributed by atoms with Crippen molar-refractivity contribution >= 4 is 7.00 Å². The summed E-state index contributed by atoms with van der Waals surface area (Å²) >= 11 is 2.01. The summed E-state index contributed by atoms with van der Waals surface area (Å²) in [5, 5.41) is 0. The fourth-order valence-corrected chi connectivity index (χ4v) is 1.42. The van der Waals surface area contributed by atoms with Crippen molar-refractivity contribution in [3.63, 3.8) is 0 Å². The molecule has 2 heteroatoms. The summed E-state index contributed by atoms with van der Waals surface area (Å²) < 4.78 is 0. The van der Waals surface area contributed by atoms with Crippen LogP contribution in [0.1, 0.15) is 0 Å². The summed E-state index contributed by atoms with van der Waals surface area (Å²) in [4.78, 5) is 0. The summed E-state index contributed by atoms with van der Waals surface area (Å²) in [6.45, 7) is 8.36. The van der Waals surface area contributed by atoms with E-state index in [0.29, 0.717) is 0 Å². The minimum atomic E-state index is 0.997. The van der Waals surface area contributed by atoms with Gasteiger partial charge in [-0.25, -0.2) is 0 Å². The Labute approximate surface area is 67.3 Å². The summed E-state index contributed by atoms with van der Waals surface area (Å²) in [5.41, 5.74) is 0.997. The van der Waals surface area contributed by atoms with Gasteiger partial charge in [-0.15, -0.1) is 0 Å². The molecule has 0 rings (SSSR count). The predicted molar refractivity (Wildman–Crippen MR) is 39.0 cm³/mol. The van der Waals surface area contributed by atoms with Gasteiger partial charge in [-0.1, -0.05) is 0 Å². The van der Waals surface area contributed by atoms with Gasteiger partial charge in [0.15, 0.2) is 0 Å². The first-order valence-electron chi connectivity index (χ1n) is 2.61.